The Bertz CT molecular complexity index is 597. The summed E-state index contributed by atoms with van der Waals surface area (Å²) in [6.07, 6.45) is 1.04. The number of benzene rings is 1. The van der Waals surface area contributed by atoms with E-state index in [0.29, 0.717) is 25.9 Å². The molecule has 0 unspecified atom stereocenters. The van der Waals surface area contributed by atoms with Crippen LogP contribution >= 0.6 is 0 Å². The normalized spacial score (nSPS) is 19.8. The maximum Gasteiger partial charge on any atom is 0.243 e. The lowest BCUT2D eigenvalue weighted by Crippen LogP contribution is -2.41. The summed E-state index contributed by atoms with van der Waals surface area (Å²) in [4.78, 5) is 0.0921. The molecule has 1 heterocycles. The van der Waals surface area contributed by atoms with Gasteiger partial charge < -0.3 is 0 Å². The molecule has 0 bridgehead atoms. The summed E-state index contributed by atoms with van der Waals surface area (Å²) < 4.78 is 38.8. The Morgan fingerprint density at radius 1 is 1.26 bits per heavy atom. The Labute approximate surface area is 112 Å². The lowest BCUT2D eigenvalue weighted by atomic mass is 9.83. The number of hydrogen-bond acceptors (Lipinski definition) is 3. The van der Waals surface area contributed by atoms with Crippen LogP contribution in [0.25, 0.3) is 0 Å². The molecule has 0 aliphatic carbocycles. The van der Waals surface area contributed by atoms with E-state index in [-0.39, 0.29) is 4.90 Å². The van der Waals surface area contributed by atoms with Crippen molar-refractivity contribution in [1.29, 1.82) is 5.26 Å². The molecule has 1 aromatic rings. The second kappa shape index (κ2) is 4.91. The zero-order chi connectivity index (χ0) is 14.1. The quantitative estimate of drug-likeness (QED) is 0.835. The average molecular weight is 282 g/mol. The third-order valence-corrected chi connectivity index (χ3v) is 5.46. The molecule has 0 saturated carbocycles. The van der Waals surface area contributed by atoms with Crippen molar-refractivity contribution in [3.63, 3.8) is 0 Å². The van der Waals surface area contributed by atoms with E-state index >= 15 is 0 Å². The second-order valence-electron chi connectivity index (χ2n) is 5.03. The van der Waals surface area contributed by atoms with Gasteiger partial charge in [0.2, 0.25) is 10.0 Å². The minimum atomic E-state index is -3.58. The first-order valence-corrected chi connectivity index (χ1v) is 7.48. The molecule has 1 saturated heterocycles. The van der Waals surface area contributed by atoms with E-state index in [2.05, 4.69) is 6.07 Å². The maximum atomic E-state index is 12.8. The molecule has 0 atom stereocenters. The van der Waals surface area contributed by atoms with Crippen molar-refractivity contribution in [2.45, 2.75) is 24.7 Å². The van der Waals surface area contributed by atoms with Gasteiger partial charge in [-0.15, -0.1) is 0 Å². The summed E-state index contributed by atoms with van der Waals surface area (Å²) in [5.41, 5.74) is -0.450. The summed E-state index contributed by atoms with van der Waals surface area (Å²) >= 11 is 0. The van der Waals surface area contributed by atoms with Crippen LogP contribution in [0.2, 0.25) is 0 Å². The van der Waals surface area contributed by atoms with Crippen molar-refractivity contribution >= 4 is 10.0 Å². The molecule has 19 heavy (non-hydrogen) atoms. The van der Waals surface area contributed by atoms with Crippen LogP contribution in [0.5, 0.6) is 0 Å². The summed E-state index contributed by atoms with van der Waals surface area (Å²) in [6.45, 7) is 2.49. The van der Waals surface area contributed by atoms with Crippen LogP contribution in [-0.4, -0.2) is 25.8 Å². The Morgan fingerprint density at radius 3 is 2.26 bits per heavy atom. The first kappa shape index (κ1) is 14.0. The lowest BCUT2D eigenvalue weighted by Gasteiger charge is -2.34. The van der Waals surface area contributed by atoms with Crippen LogP contribution in [-0.2, 0) is 10.0 Å². The number of hydrogen-bond donors (Lipinski definition) is 0. The van der Waals surface area contributed by atoms with E-state index in [1.54, 1.807) is 0 Å². The smallest absolute Gasteiger partial charge is 0.207 e. The van der Waals surface area contributed by atoms with Crippen LogP contribution in [0.3, 0.4) is 0 Å². The molecule has 1 aromatic carbocycles. The van der Waals surface area contributed by atoms with Crippen molar-refractivity contribution in [2.24, 2.45) is 5.41 Å². The third kappa shape index (κ3) is 2.77. The summed E-state index contributed by atoms with van der Waals surface area (Å²) in [5, 5.41) is 9.03. The lowest BCUT2D eigenvalue weighted by molar-refractivity contribution is 0.232. The second-order valence-corrected chi connectivity index (χ2v) is 6.97. The van der Waals surface area contributed by atoms with Crippen molar-refractivity contribution < 1.29 is 12.8 Å². The van der Waals surface area contributed by atoms with E-state index in [1.807, 2.05) is 6.92 Å². The fraction of sp³-hybridized carbons (Fsp3) is 0.462. The van der Waals surface area contributed by atoms with Gasteiger partial charge in [0.1, 0.15) is 5.82 Å². The Hall–Kier alpha value is -1.45. The largest absolute Gasteiger partial charge is 0.243 e. The Kier molecular flexibility index (Phi) is 3.61. The van der Waals surface area contributed by atoms with Gasteiger partial charge in [-0.3, -0.25) is 0 Å². The number of piperidine rings is 1. The molecule has 102 valence electrons. The molecule has 0 aromatic heterocycles. The zero-order valence-electron chi connectivity index (χ0n) is 10.6. The monoisotopic (exact) mass is 282 g/mol. The van der Waals surface area contributed by atoms with E-state index in [0.717, 1.165) is 12.1 Å². The fourth-order valence-corrected chi connectivity index (χ4v) is 3.53. The number of rotatable bonds is 2. The summed E-state index contributed by atoms with van der Waals surface area (Å²) in [5.74, 6) is -0.463. The molecule has 1 fully saturated rings. The highest BCUT2D eigenvalue weighted by atomic mass is 32.2. The molecular formula is C13H15FN2O2S. The van der Waals surface area contributed by atoms with Gasteiger partial charge in [-0.25, -0.2) is 12.8 Å². The van der Waals surface area contributed by atoms with Crippen LogP contribution in [0.4, 0.5) is 4.39 Å². The number of sulfonamides is 1. The van der Waals surface area contributed by atoms with Crippen molar-refractivity contribution in [3.8, 4) is 6.07 Å². The topological polar surface area (TPSA) is 61.2 Å². The molecule has 0 radical (unpaired) electrons. The number of halogens is 1. The highest BCUT2D eigenvalue weighted by molar-refractivity contribution is 7.89. The minimum absolute atomic E-state index is 0.0921. The predicted octanol–water partition coefficient (Wildman–Crippen LogP) is 2.14. The van der Waals surface area contributed by atoms with Crippen LogP contribution in [0, 0.1) is 22.6 Å². The van der Waals surface area contributed by atoms with Crippen molar-refractivity contribution in [3.05, 3.63) is 30.1 Å². The van der Waals surface area contributed by atoms with Gasteiger partial charge >= 0.3 is 0 Å². The van der Waals surface area contributed by atoms with Gasteiger partial charge in [-0.1, -0.05) is 0 Å². The SMILES string of the molecule is CC1(C#N)CCN(S(=O)(=O)c2ccc(F)cc2)CC1. The highest BCUT2D eigenvalue weighted by Crippen LogP contribution is 2.32. The van der Waals surface area contributed by atoms with Crippen molar-refractivity contribution in [2.75, 3.05) is 13.1 Å². The van der Waals surface area contributed by atoms with Crippen LogP contribution < -0.4 is 0 Å². The molecule has 2 rings (SSSR count). The highest BCUT2D eigenvalue weighted by Gasteiger charge is 2.35. The standard InChI is InChI=1S/C13H15FN2O2S/c1-13(10-15)6-8-16(9-7-13)19(17,18)12-4-2-11(14)3-5-12/h2-5H,6-9H2,1H3. The summed E-state index contributed by atoms with van der Waals surface area (Å²) in [6, 6.07) is 7.03. The first-order chi connectivity index (χ1) is 8.87. The fourth-order valence-electron chi connectivity index (χ4n) is 2.09. The van der Waals surface area contributed by atoms with E-state index in [1.165, 1.54) is 16.4 Å². The van der Waals surface area contributed by atoms with E-state index in [4.69, 9.17) is 5.26 Å². The van der Waals surface area contributed by atoms with Gasteiger partial charge in [0.15, 0.2) is 0 Å². The van der Waals surface area contributed by atoms with Gasteiger partial charge in [-0.2, -0.15) is 9.57 Å². The maximum absolute atomic E-state index is 12.8. The molecule has 1 aliphatic heterocycles. The average Bonchev–Trinajstić information content (AvgIpc) is 2.40. The van der Waals surface area contributed by atoms with Gasteiger partial charge in [0, 0.05) is 13.1 Å². The number of nitriles is 1. The Balaban J connectivity index is 2.19. The molecule has 6 heteroatoms. The predicted molar refractivity (Wildman–Crippen MR) is 68.1 cm³/mol. The van der Waals surface area contributed by atoms with E-state index in [9.17, 15) is 12.8 Å². The van der Waals surface area contributed by atoms with Crippen molar-refractivity contribution in [1.82, 2.24) is 4.31 Å². The minimum Gasteiger partial charge on any atom is -0.207 e. The molecular weight excluding hydrogens is 267 g/mol. The summed E-state index contributed by atoms with van der Waals surface area (Å²) in [7, 11) is -3.58. The first-order valence-electron chi connectivity index (χ1n) is 6.04. The zero-order valence-corrected chi connectivity index (χ0v) is 11.5. The van der Waals surface area contributed by atoms with Crippen LogP contribution in [0.15, 0.2) is 29.2 Å². The number of nitrogens with zero attached hydrogens (tertiary/aromatic N) is 2. The van der Waals surface area contributed by atoms with E-state index < -0.39 is 21.3 Å². The van der Waals surface area contributed by atoms with Crippen LogP contribution in [0.1, 0.15) is 19.8 Å². The molecule has 1 aliphatic rings. The van der Waals surface area contributed by atoms with Gasteiger partial charge in [0.05, 0.1) is 16.4 Å². The molecule has 0 amide bonds. The van der Waals surface area contributed by atoms with Gasteiger partial charge in [-0.05, 0) is 44.0 Å². The molecule has 0 spiro atoms. The molecule has 4 nitrogen and oxygen atoms in total. The van der Waals surface area contributed by atoms with Gasteiger partial charge in [0.25, 0.3) is 0 Å². The molecule has 0 N–H and O–H groups in total. The third-order valence-electron chi connectivity index (χ3n) is 3.55. The Morgan fingerprint density at radius 2 is 1.79 bits per heavy atom.